The van der Waals surface area contributed by atoms with Crippen molar-refractivity contribution in [3.05, 3.63) is 39.4 Å². The fraction of sp³-hybridized carbons (Fsp3) is 0.500. The van der Waals surface area contributed by atoms with E-state index < -0.39 is 23.4 Å². The molecule has 0 saturated heterocycles. The number of carbonyl (C=O) groups excluding carboxylic acids is 2. The van der Waals surface area contributed by atoms with Crippen molar-refractivity contribution in [2.75, 3.05) is 19.8 Å². The fourth-order valence-electron chi connectivity index (χ4n) is 1.94. The lowest BCUT2D eigenvalue weighted by Crippen LogP contribution is -2.30. The standard InChI is InChI=1S/C16H22N2O6/c1-11(2)23-9-5-8-17-14(19)10-24-16(20)13-7-4-6-12(3)15(13)18(21)22/h4,6-7,11H,5,8-10H2,1-3H3,(H,17,19). The summed E-state index contributed by atoms with van der Waals surface area (Å²) in [6, 6.07) is 4.35. The summed E-state index contributed by atoms with van der Waals surface area (Å²) in [6.45, 7) is 5.79. The SMILES string of the molecule is Cc1cccc(C(=O)OCC(=O)NCCCOC(C)C)c1[N+](=O)[O-]. The molecule has 0 heterocycles. The van der Waals surface area contributed by atoms with E-state index in [4.69, 9.17) is 9.47 Å². The Hall–Kier alpha value is -2.48. The number of aryl methyl sites for hydroxylation is 1. The van der Waals surface area contributed by atoms with E-state index in [1.165, 1.54) is 25.1 Å². The van der Waals surface area contributed by atoms with Gasteiger partial charge in [0.15, 0.2) is 6.61 Å². The summed E-state index contributed by atoms with van der Waals surface area (Å²) >= 11 is 0. The summed E-state index contributed by atoms with van der Waals surface area (Å²) in [5, 5.41) is 13.6. The highest BCUT2D eigenvalue weighted by Gasteiger charge is 2.23. The smallest absolute Gasteiger partial charge is 0.345 e. The largest absolute Gasteiger partial charge is 0.452 e. The lowest BCUT2D eigenvalue weighted by molar-refractivity contribution is -0.385. The van der Waals surface area contributed by atoms with Gasteiger partial charge in [-0.05, 0) is 33.3 Å². The number of nitrogens with zero attached hydrogens (tertiary/aromatic N) is 1. The average molecular weight is 338 g/mol. The van der Waals surface area contributed by atoms with Crippen LogP contribution in [0.5, 0.6) is 0 Å². The Kier molecular flexibility index (Phi) is 7.84. The summed E-state index contributed by atoms with van der Waals surface area (Å²) in [5.74, 6) is -1.37. The summed E-state index contributed by atoms with van der Waals surface area (Å²) in [5.41, 5.74) is -0.129. The van der Waals surface area contributed by atoms with Gasteiger partial charge in [0.1, 0.15) is 5.56 Å². The zero-order chi connectivity index (χ0) is 18.1. The number of nitro groups is 1. The number of nitro benzene ring substituents is 1. The molecule has 1 aromatic rings. The predicted octanol–water partition coefficient (Wildman–Crippen LogP) is 1.99. The van der Waals surface area contributed by atoms with Crippen LogP contribution in [0, 0.1) is 17.0 Å². The van der Waals surface area contributed by atoms with Gasteiger partial charge in [0.05, 0.1) is 11.0 Å². The average Bonchev–Trinajstić information content (AvgIpc) is 2.51. The van der Waals surface area contributed by atoms with Gasteiger partial charge in [-0.3, -0.25) is 14.9 Å². The topological polar surface area (TPSA) is 108 Å². The Labute approximate surface area is 140 Å². The molecule has 24 heavy (non-hydrogen) atoms. The minimum atomic E-state index is -0.899. The number of rotatable bonds is 9. The number of nitrogens with one attached hydrogen (secondary N) is 1. The van der Waals surface area contributed by atoms with Crippen molar-refractivity contribution < 1.29 is 24.0 Å². The first-order chi connectivity index (χ1) is 11.3. The van der Waals surface area contributed by atoms with Gasteiger partial charge in [0.25, 0.3) is 11.6 Å². The van der Waals surface area contributed by atoms with Crippen LogP contribution in [-0.4, -0.2) is 42.7 Å². The summed E-state index contributed by atoms with van der Waals surface area (Å²) in [4.78, 5) is 34.0. The highest BCUT2D eigenvalue weighted by Crippen LogP contribution is 2.23. The van der Waals surface area contributed by atoms with Crippen molar-refractivity contribution in [2.24, 2.45) is 0 Å². The van der Waals surface area contributed by atoms with Crippen LogP contribution in [0.1, 0.15) is 36.2 Å². The second-order valence-corrected chi connectivity index (χ2v) is 5.43. The summed E-state index contributed by atoms with van der Waals surface area (Å²) in [6.07, 6.45) is 0.771. The molecule has 0 radical (unpaired) electrons. The quantitative estimate of drug-likeness (QED) is 0.319. The molecule has 0 spiro atoms. The van der Waals surface area contributed by atoms with Crippen LogP contribution in [0.2, 0.25) is 0 Å². The zero-order valence-corrected chi connectivity index (χ0v) is 14.0. The van der Waals surface area contributed by atoms with Crippen molar-refractivity contribution in [3.8, 4) is 0 Å². The molecule has 0 aliphatic carbocycles. The van der Waals surface area contributed by atoms with E-state index in [1.54, 1.807) is 0 Å². The lowest BCUT2D eigenvalue weighted by Gasteiger charge is -2.09. The molecule has 8 heteroatoms. The van der Waals surface area contributed by atoms with Crippen molar-refractivity contribution in [1.29, 1.82) is 0 Å². The number of benzene rings is 1. The monoisotopic (exact) mass is 338 g/mol. The summed E-state index contributed by atoms with van der Waals surface area (Å²) < 4.78 is 10.2. The highest BCUT2D eigenvalue weighted by molar-refractivity contribution is 5.95. The molecule has 1 amide bonds. The lowest BCUT2D eigenvalue weighted by atomic mass is 10.1. The van der Waals surface area contributed by atoms with Crippen LogP contribution in [-0.2, 0) is 14.3 Å². The van der Waals surface area contributed by atoms with E-state index in [-0.39, 0.29) is 17.4 Å². The van der Waals surface area contributed by atoms with Gasteiger partial charge in [-0.25, -0.2) is 4.79 Å². The van der Waals surface area contributed by atoms with E-state index >= 15 is 0 Å². The van der Waals surface area contributed by atoms with Gasteiger partial charge in [0.2, 0.25) is 0 Å². The number of amides is 1. The second kappa shape index (κ2) is 9.61. The van der Waals surface area contributed by atoms with E-state index in [0.717, 1.165) is 0 Å². The van der Waals surface area contributed by atoms with Gasteiger partial charge in [-0.15, -0.1) is 0 Å². The maximum Gasteiger partial charge on any atom is 0.345 e. The maximum atomic E-state index is 12.0. The first-order valence-corrected chi connectivity index (χ1v) is 7.62. The van der Waals surface area contributed by atoms with Crippen LogP contribution in [0.15, 0.2) is 18.2 Å². The minimum absolute atomic E-state index is 0.131. The second-order valence-electron chi connectivity index (χ2n) is 5.43. The highest BCUT2D eigenvalue weighted by atomic mass is 16.6. The van der Waals surface area contributed by atoms with E-state index in [1.807, 2.05) is 13.8 Å². The summed E-state index contributed by atoms with van der Waals surface area (Å²) in [7, 11) is 0. The number of para-hydroxylation sites is 1. The third-order valence-electron chi connectivity index (χ3n) is 3.07. The number of hydrogen-bond donors (Lipinski definition) is 1. The van der Waals surface area contributed by atoms with E-state index in [9.17, 15) is 19.7 Å². The molecule has 1 rings (SSSR count). The number of ether oxygens (including phenoxy) is 2. The Morgan fingerprint density at radius 2 is 2.04 bits per heavy atom. The molecule has 1 N–H and O–H groups in total. The molecular weight excluding hydrogens is 316 g/mol. The van der Waals surface area contributed by atoms with Crippen molar-refractivity contribution in [3.63, 3.8) is 0 Å². The predicted molar refractivity (Wildman–Crippen MR) is 86.8 cm³/mol. The Bertz CT molecular complexity index is 600. The third-order valence-corrected chi connectivity index (χ3v) is 3.07. The molecule has 0 aromatic heterocycles. The van der Waals surface area contributed by atoms with Crippen LogP contribution in [0.3, 0.4) is 0 Å². The van der Waals surface area contributed by atoms with Crippen molar-refractivity contribution >= 4 is 17.6 Å². The molecule has 0 aliphatic rings. The van der Waals surface area contributed by atoms with Crippen LogP contribution < -0.4 is 5.32 Å². The molecule has 8 nitrogen and oxygen atoms in total. The number of esters is 1. The van der Waals surface area contributed by atoms with Crippen LogP contribution >= 0.6 is 0 Å². The molecular formula is C16H22N2O6. The molecule has 0 fully saturated rings. The van der Waals surface area contributed by atoms with Crippen LogP contribution in [0.25, 0.3) is 0 Å². The van der Waals surface area contributed by atoms with Crippen molar-refractivity contribution in [1.82, 2.24) is 5.32 Å². The van der Waals surface area contributed by atoms with Gasteiger partial charge in [-0.1, -0.05) is 12.1 Å². The molecule has 0 bridgehead atoms. The normalized spacial score (nSPS) is 10.5. The molecule has 1 aromatic carbocycles. The molecule has 0 saturated carbocycles. The first-order valence-electron chi connectivity index (χ1n) is 7.62. The fourth-order valence-corrected chi connectivity index (χ4v) is 1.94. The van der Waals surface area contributed by atoms with Gasteiger partial charge >= 0.3 is 5.97 Å². The maximum absolute atomic E-state index is 12.0. The van der Waals surface area contributed by atoms with Crippen LogP contribution in [0.4, 0.5) is 5.69 Å². The third kappa shape index (κ3) is 6.33. The molecule has 0 aliphatic heterocycles. The van der Waals surface area contributed by atoms with Gasteiger partial charge in [0, 0.05) is 18.7 Å². The number of hydrogen-bond acceptors (Lipinski definition) is 6. The Balaban J connectivity index is 2.45. The van der Waals surface area contributed by atoms with Crippen molar-refractivity contribution in [2.45, 2.75) is 33.3 Å². The Morgan fingerprint density at radius 1 is 1.33 bits per heavy atom. The zero-order valence-electron chi connectivity index (χ0n) is 14.0. The van der Waals surface area contributed by atoms with E-state index in [0.29, 0.717) is 25.1 Å². The molecule has 0 unspecified atom stereocenters. The molecule has 132 valence electrons. The van der Waals surface area contributed by atoms with Gasteiger partial charge < -0.3 is 14.8 Å². The van der Waals surface area contributed by atoms with Gasteiger partial charge in [-0.2, -0.15) is 0 Å². The first kappa shape index (κ1) is 19.6. The number of carbonyl (C=O) groups is 2. The molecule has 0 atom stereocenters. The minimum Gasteiger partial charge on any atom is -0.452 e. The van der Waals surface area contributed by atoms with E-state index in [2.05, 4.69) is 5.32 Å². The Morgan fingerprint density at radius 3 is 2.67 bits per heavy atom.